The number of primary amides is 1. The van der Waals surface area contributed by atoms with Crippen molar-refractivity contribution in [2.75, 3.05) is 10.6 Å². The van der Waals surface area contributed by atoms with Crippen LogP contribution < -0.4 is 21.8 Å². The zero-order valence-corrected chi connectivity index (χ0v) is 20.8. The maximum Gasteiger partial charge on any atom is 0.405 e. The summed E-state index contributed by atoms with van der Waals surface area (Å²) in [4.78, 5) is 19.5. The predicted octanol–water partition coefficient (Wildman–Crippen LogP) is 5.04. The number of anilines is 2. The van der Waals surface area contributed by atoms with Crippen LogP contribution in [0.3, 0.4) is 0 Å². The topological polar surface area (TPSA) is 127 Å². The standard InChI is InChI=1S/C18H24N6S.C5H11NO2/c1-3-15(24-19-4-2)22-17-16-13(7-8-25-16)20-18(23-17)21-14-10-11-5-6-12(14)9-11;1-5(2,3)8-4(6)7/h3-4,7-8,11-12,14,24H,5-6,9-10H2,1-2H3,(H2,20,21,22,23);1-3H3,(H2,6,7)/b15-3-,19-4+;. The summed E-state index contributed by atoms with van der Waals surface area (Å²) in [5, 5.41) is 13.1. The molecule has 0 aliphatic heterocycles. The second-order valence-electron chi connectivity index (χ2n) is 9.32. The third-order valence-electron chi connectivity index (χ3n) is 5.62. The smallest absolute Gasteiger partial charge is 0.405 e. The van der Waals surface area contributed by atoms with Crippen molar-refractivity contribution in [2.45, 2.75) is 71.9 Å². The van der Waals surface area contributed by atoms with Crippen LogP contribution >= 0.6 is 11.3 Å². The number of hydrogen-bond acceptors (Lipinski definition) is 9. The number of nitrogens with one attached hydrogen (secondary N) is 3. The van der Waals surface area contributed by atoms with Crippen molar-refractivity contribution in [3.05, 3.63) is 23.3 Å². The monoisotopic (exact) mass is 473 g/mol. The Hall–Kier alpha value is -2.88. The zero-order chi connectivity index (χ0) is 24.0. The van der Waals surface area contributed by atoms with E-state index in [4.69, 9.17) is 15.7 Å². The first kappa shape index (κ1) is 24.8. The Labute approximate surface area is 199 Å². The minimum atomic E-state index is -0.725. The fraction of sp³-hybridized carbons (Fsp3) is 0.565. The van der Waals surface area contributed by atoms with Crippen molar-refractivity contribution >= 4 is 45.6 Å². The van der Waals surface area contributed by atoms with Gasteiger partial charge >= 0.3 is 6.09 Å². The molecular weight excluding hydrogens is 438 g/mol. The lowest BCUT2D eigenvalue weighted by molar-refractivity contribution is 0.0600. The van der Waals surface area contributed by atoms with Gasteiger partial charge in [0.25, 0.3) is 0 Å². The van der Waals surface area contributed by atoms with Gasteiger partial charge in [0.15, 0.2) is 5.82 Å². The second kappa shape index (κ2) is 10.8. The van der Waals surface area contributed by atoms with E-state index >= 15 is 0 Å². The number of carbonyl (C=O) groups excluding carboxylic acids is 1. The minimum absolute atomic E-state index is 0.453. The quantitative estimate of drug-likeness (QED) is 0.342. The number of nitrogens with two attached hydrogens (primary N) is 1. The molecule has 2 saturated carbocycles. The summed E-state index contributed by atoms with van der Waals surface area (Å²) >= 11 is 1.65. The van der Waals surface area contributed by atoms with Gasteiger partial charge in [0.05, 0.1) is 10.2 Å². The van der Waals surface area contributed by atoms with Crippen LogP contribution in [0.25, 0.3) is 10.2 Å². The average Bonchev–Trinajstić information content (AvgIpc) is 3.46. The van der Waals surface area contributed by atoms with Crippen molar-refractivity contribution in [1.82, 2.24) is 15.4 Å². The highest BCUT2D eigenvalue weighted by atomic mass is 32.1. The molecule has 0 saturated heterocycles. The van der Waals surface area contributed by atoms with E-state index in [2.05, 4.69) is 31.3 Å². The maximum absolute atomic E-state index is 10.0. The number of fused-ring (bicyclic) bond motifs is 3. The predicted molar refractivity (Wildman–Crippen MR) is 135 cm³/mol. The normalized spacial score (nSPS) is 22.2. The number of amides is 1. The van der Waals surface area contributed by atoms with E-state index in [-0.39, 0.29) is 0 Å². The Kier molecular flexibility index (Phi) is 8.12. The molecule has 3 unspecified atom stereocenters. The summed E-state index contributed by atoms with van der Waals surface area (Å²) in [6, 6.07) is 2.57. The van der Waals surface area contributed by atoms with E-state index in [9.17, 15) is 4.79 Å². The molecule has 2 aliphatic rings. The fourth-order valence-electron chi connectivity index (χ4n) is 4.33. The largest absolute Gasteiger partial charge is 0.444 e. The number of rotatable bonds is 6. The number of thiophene rings is 1. The number of nitrogens with zero attached hydrogens (tertiary/aromatic N) is 3. The van der Waals surface area contributed by atoms with Gasteiger partial charge in [-0.05, 0) is 83.2 Å². The number of hydrogen-bond donors (Lipinski definition) is 4. The molecule has 0 radical (unpaired) electrons. The van der Waals surface area contributed by atoms with Gasteiger partial charge in [-0.1, -0.05) is 6.42 Å². The highest BCUT2D eigenvalue weighted by molar-refractivity contribution is 7.17. The first-order chi connectivity index (χ1) is 15.7. The molecular formula is C23H35N7O2S. The molecule has 33 heavy (non-hydrogen) atoms. The van der Waals surface area contributed by atoms with E-state index in [0.29, 0.717) is 6.04 Å². The van der Waals surface area contributed by atoms with E-state index in [1.54, 1.807) is 38.3 Å². The first-order valence-corrected chi connectivity index (χ1v) is 12.2. The summed E-state index contributed by atoms with van der Waals surface area (Å²) in [7, 11) is 0. The minimum Gasteiger partial charge on any atom is -0.444 e. The third kappa shape index (κ3) is 7.05. The van der Waals surface area contributed by atoms with Crippen LogP contribution in [0, 0.1) is 11.8 Å². The van der Waals surface area contributed by atoms with E-state index in [1.807, 2.05) is 26.0 Å². The molecule has 5 N–H and O–H groups in total. The second-order valence-corrected chi connectivity index (χ2v) is 10.2. The lowest BCUT2D eigenvalue weighted by Crippen LogP contribution is -2.27. The van der Waals surface area contributed by atoms with Crippen LogP contribution in [0.1, 0.15) is 60.3 Å². The molecule has 2 aromatic heterocycles. The van der Waals surface area contributed by atoms with Crippen LogP contribution in [0.5, 0.6) is 0 Å². The zero-order valence-electron chi connectivity index (χ0n) is 20.0. The number of ether oxygens (including phenoxy) is 1. The Bertz CT molecular complexity index is 1010. The highest BCUT2D eigenvalue weighted by Crippen LogP contribution is 2.45. The molecule has 2 heterocycles. The third-order valence-corrected chi connectivity index (χ3v) is 6.53. The van der Waals surface area contributed by atoms with Crippen molar-refractivity contribution in [3.8, 4) is 0 Å². The van der Waals surface area contributed by atoms with Crippen molar-refractivity contribution in [2.24, 2.45) is 22.7 Å². The SMILES string of the molecule is C/C=C(\N/N=C/C)Nc1nc(NC2CC3CCC2C3)nc2ccsc12.CC(C)(C)OC(N)=O. The molecule has 2 aromatic rings. The Balaban J connectivity index is 0.000000331. The van der Waals surface area contributed by atoms with Gasteiger partial charge in [0.2, 0.25) is 5.95 Å². The van der Waals surface area contributed by atoms with Crippen molar-refractivity contribution in [3.63, 3.8) is 0 Å². The van der Waals surface area contributed by atoms with Crippen LogP contribution in [-0.4, -0.2) is 33.9 Å². The molecule has 3 atom stereocenters. The van der Waals surface area contributed by atoms with Gasteiger partial charge in [-0.15, -0.1) is 11.3 Å². The van der Waals surface area contributed by atoms with Gasteiger partial charge in [0, 0.05) is 12.3 Å². The van der Waals surface area contributed by atoms with Gasteiger partial charge in [-0.3, -0.25) is 5.43 Å². The number of allylic oxidation sites excluding steroid dienone is 1. The summed E-state index contributed by atoms with van der Waals surface area (Å²) < 4.78 is 5.63. The van der Waals surface area contributed by atoms with Gasteiger partial charge in [-0.25, -0.2) is 9.78 Å². The molecule has 4 rings (SSSR count). The van der Waals surface area contributed by atoms with Crippen LogP contribution in [0.2, 0.25) is 0 Å². The van der Waals surface area contributed by atoms with Gasteiger partial charge in [-0.2, -0.15) is 10.1 Å². The van der Waals surface area contributed by atoms with Gasteiger partial charge in [0.1, 0.15) is 11.4 Å². The van der Waals surface area contributed by atoms with Crippen LogP contribution in [-0.2, 0) is 4.74 Å². The highest BCUT2D eigenvalue weighted by Gasteiger charge is 2.39. The molecule has 10 heteroatoms. The molecule has 180 valence electrons. The lowest BCUT2D eigenvalue weighted by Gasteiger charge is -2.23. The number of aromatic nitrogens is 2. The van der Waals surface area contributed by atoms with Crippen LogP contribution in [0.4, 0.5) is 16.6 Å². The van der Waals surface area contributed by atoms with E-state index in [1.165, 1.54) is 25.7 Å². The molecule has 2 bridgehead atoms. The summed E-state index contributed by atoms with van der Waals surface area (Å²) in [6.07, 6.45) is 8.30. The summed E-state index contributed by atoms with van der Waals surface area (Å²) in [6.45, 7) is 9.12. The lowest BCUT2D eigenvalue weighted by atomic mass is 9.95. The Morgan fingerprint density at radius 1 is 1.27 bits per heavy atom. The summed E-state index contributed by atoms with van der Waals surface area (Å²) in [5.41, 5.74) is 8.22. The molecule has 0 spiro atoms. The van der Waals surface area contributed by atoms with E-state index in [0.717, 1.165) is 39.6 Å². The van der Waals surface area contributed by atoms with Crippen molar-refractivity contribution in [1.29, 1.82) is 0 Å². The van der Waals surface area contributed by atoms with Crippen molar-refractivity contribution < 1.29 is 9.53 Å². The molecule has 2 aliphatic carbocycles. The fourth-order valence-corrected chi connectivity index (χ4v) is 5.10. The molecule has 9 nitrogen and oxygen atoms in total. The number of carbonyl (C=O) groups is 1. The molecule has 2 fully saturated rings. The Morgan fingerprint density at radius 3 is 2.61 bits per heavy atom. The molecule has 0 aromatic carbocycles. The van der Waals surface area contributed by atoms with E-state index < -0.39 is 11.7 Å². The Morgan fingerprint density at radius 2 is 2.06 bits per heavy atom. The first-order valence-electron chi connectivity index (χ1n) is 11.4. The summed E-state index contributed by atoms with van der Waals surface area (Å²) in [5.74, 6) is 4.03. The van der Waals surface area contributed by atoms with Crippen LogP contribution in [0.15, 0.2) is 28.4 Å². The maximum atomic E-state index is 10.0. The molecule has 1 amide bonds. The van der Waals surface area contributed by atoms with Gasteiger partial charge < -0.3 is 21.1 Å². The average molecular weight is 474 g/mol. The number of hydrazone groups is 1.